The van der Waals surface area contributed by atoms with E-state index in [-0.39, 0.29) is 12.4 Å². The van der Waals surface area contributed by atoms with Gasteiger partial charge >= 0.3 is 0 Å². The molecule has 1 heterocycles. The van der Waals surface area contributed by atoms with E-state index >= 15 is 0 Å². The summed E-state index contributed by atoms with van der Waals surface area (Å²) in [6, 6.07) is 14.3. The molecule has 0 aliphatic carbocycles. The van der Waals surface area contributed by atoms with Crippen molar-refractivity contribution in [2.24, 2.45) is 0 Å². The van der Waals surface area contributed by atoms with Crippen LogP contribution in [0.25, 0.3) is 6.08 Å². The first-order chi connectivity index (χ1) is 10.7. The summed E-state index contributed by atoms with van der Waals surface area (Å²) in [5.41, 5.74) is 2.52. The van der Waals surface area contributed by atoms with Gasteiger partial charge in [0.05, 0.1) is 24.3 Å². The number of rotatable bonds is 2. The highest BCUT2D eigenvalue weighted by Crippen LogP contribution is 2.31. The van der Waals surface area contributed by atoms with E-state index in [9.17, 15) is 4.79 Å². The van der Waals surface area contributed by atoms with Crippen molar-refractivity contribution in [3.05, 3.63) is 64.7 Å². The molecular formula is C18H13NO3. The molecule has 0 amide bonds. The number of fused-ring (bicyclic) bond motifs is 1. The van der Waals surface area contributed by atoms with Crippen molar-refractivity contribution in [1.29, 1.82) is 5.26 Å². The number of methoxy groups -OCH3 is 1. The van der Waals surface area contributed by atoms with Gasteiger partial charge in [-0.15, -0.1) is 0 Å². The number of hydrogen-bond donors (Lipinski definition) is 0. The molecule has 108 valence electrons. The number of hydrogen-bond acceptors (Lipinski definition) is 4. The second-order valence-electron chi connectivity index (χ2n) is 4.88. The molecule has 0 saturated heterocycles. The minimum absolute atomic E-state index is 0.0653. The van der Waals surface area contributed by atoms with Gasteiger partial charge in [0, 0.05) is 5.57 Å². The number of ketones is 1. The van der Waals surface area contributed by atoms with Crippen LogP contribution in [0.1, 0.15) is 21.5 Å². The molecule has 1 aliphatic rings. The van der Waals surface area contributed by atoms with Crippen LogP contribution in [0.15, 0.2) is 48.0 Å². The smallest absolute Gasteiger partial charge is 0.196 e. The second kappa shape index (κ2) is 5.74. The summed E-state index contributed by atoms with van der Waals surface area (Å²) < 4.78 is 10.8. The fourth-order valence-electron chi connectivity index (χ4n) is 2.30. The zero-order valence-corrected chi connectivity index (χ0v) is 12.0. The van der Waals surface area contributed by atoms with Crippen molar-refractivity contribution in [1.82, 2.24) is 0 Å². The molecule has 4 heteroatoms. The van der Waals surface area contributed by atoms with Crippen LogP contribution in [0, 0.1) is 11.3 Å². The molecule has 0 unspecified atom stereocenters. The maximum absolute atomic E-state index is 12.6. The Morgan fingerprint density at radius 2 is 2.00 bits per heavy atom. The second-order valence-corrected chi connectivity index (χ2v) is 4.88. The number of Topliss-reactive ketones (excluding diaryl/α,β-unsaturated/α-hetero) is 1. The predicted molar refractivity (Wildman–Crippen MR) is 82.0 cm³/mol. The van der Waals surface area contributed by atoms with Crippen molar-refractivity contribution in [3.63, 3.8) is 0 Å². The Labute approximate surface area is 128 Å². The van der Waals surface area contributed by atoms with E-state index in [1.807, 2.05) is 0 Å². The molecular weight excluding hydrogens is 278 g/mol. The summed E-state index contributed by atoms with van der Waals surface area (Å²) >= 11 is 0. The van der Waals surface area contributed by atoms with Crippen LogP contribution in [0.3, 0.4) is 0 Å². The van der Waals surface area contributed by atoms with Gasteiger partial charge in [-0.2, -0.15) is 5.26 Å². The van der Waals surface area contributed by atoms with Crippen LogP contribution in [0.2, 0.25) is 0 Å². The lowest BCUT2D eigenvalue weighted by atomic mass is 9.98. The van der Waals surface area contributed by atoms with Gasteiger partial charge in [-0.3, -0.25) is 4.79 Å². The third-order valence-electron chi connectivity index (χ3n) is 3.49. The molecule has 1 aliphatic heterocycles. The molecule has 2 aromatic carbocycles. The molecule has 0 atom stereocenters. The summed E-state index contributed by atoms with van der Waals surface area (Å²) in [6.07, 6.45) is 1.78. The Morgan fingerprint density at radius 1 is 1.23 bits per heavy atom. The molecule has 0 radical (unpaired) electrons. The third-order valence-corrected chi connectivity index (χ3v) is 3.49. The predicted octanol–water partition coefficient (Wildman–Crippen LogP) is 3.23. The molecule has 0 fully saturated rings. The van der Waals surface area contributed by atoms with Crippen molar-refractivity contribution in [2.45, 2.75) is 0 Å². The molecule has 22 heavy (non-hydrogen) atoms. The van der Waals surface area contributed by atoms with E-state index in [0.717, 1.165) is 5.56 Å². The summed E-state index contributed by atoms with van der Waals surface area (Å²) in [5.74, 6) is 1.13. The first-order valence-electron chi connectivity index (χ1n) is 6.77. The molecule has 0 spiro atoms. The fourth-order valence-corrected chi connectivity index (χ4v) is 2.30. The monoisotopic (exact) mass is 291 g/mol. The Morgan fingerprint density at radius 3 is 2.68 bits per heavy atom. The first-order valence-corrected chi connectivity index (χ1v) is 6.77. The highest BCUT2D eigenvalue weighted by atomic mass is 16.5. The standard InChI is InChI=1S/C18H13NO3/c1-21-15-6-7-17-16(9-15)18(20)14(11-22-17)8-12-2-4-13(10-19)5-3-12/h2-9H,11H2,1H3. The van der Waals surface area contributed by atoms with Crippen LogP contribution in [-0.4, -0.2) is 19.5 Å². The number of ether oxygens (including phenoxy) is 2. The molecule has 2 aromatic rings. The van der Waals surface area contributed by atoms with Crippen LogP contribution < -0.4 is 9.47 Å². The number of nitriles is 1. The minimum atomic E-state index is -0.0653. The van der Waals surface area contributed by atoms with Crippen LogP contribution in [-0.2, 0) is 0 Å². The van der Waals surface area contributed by atoms with E-state index in [2.05, 4.69) is 6.07 Å². The van der Waals surface area contributed by atoms with Gasteiger partial charge in [0.25, 0.3) is 0 Å². The average Bonchev–Trinajstić information content (AvgIpc) is 2.58. The van der Waals surface area contributed by atoms with E-state index < -0.39 is 0 Å². The number of nitrogens with zero attached hydrogens (tertiary/aromatic N) is 1. The number of carbonyl (C=O) groups is 1. The van der Waals surface area contributed by atoms with E-state index in [1.54, 1.807) is 55.7 Å². The van der Waals surface area contributed by atoms with Gasteiger partial charge in [0.2, 0.25) is 0 Å². The number of carbonyl (C=O) groups excluding carboxylic acids is 1. The molecule has 0 N–H and O–H groups in total. The first kappa shape index (κ1) is 13.9. The summed E-state index contributed by atoms with van der Waals surface area (Å²) in [7, 11) is 1.56. The van der Waals surface area contributed by atoms with Crippen LogP contribution in [0.5, 0.6) is 11.5 Å². The topological polar surface area (TPSA) is 59.3 Å². The van der Waals surface area contributed by atoms with Gasteiger partial charge in [0.15, 0.2) is 5.78 Å². The highest BCUT2D eigenvalue weighted by Gasteiger charge is 2.23. The van der Waals surface area contributed by atoms with Crippen molar-refractivity contribution in [2.75, 3.05) is 13.7 Å². The Hall–Kier alpha value is -3.06. The molecule has 3 rings (SSSR count). The van der Waals surface area contributed by atoms with Gasteiger partial charge in [-0.1, -0.05) is 12.1 Å². The lowest BCUT2D eigenvalue weighted by Gasteiger charge is -2.19. The van der Waals surface area contributed by atoms with E-state index in [4.69, 9.17) is 14.7 Å². The van der Waals surface area contributed by atoms with Gasteiger partial charge < -0.3 is 9.47 Å². The highest BCUT2D eigenvalue weighted by molar-refractivity contribution is 6.14. The summed E-state index contributed by atoms with van der Waals surface area (Å²) in [5, 5.41) is 8.80. The zero-order valence-electron chi connectivity index (χ0n) is 12.0. The van der Waals surface area contributed by atoms with Crippen molar-refractivity contribution in [3.8, 4) is 17.6 Å². The van der Waals surface area contributed by atoms with Crippen molar-refractivity contribution < 1.29 is 14.3 Å². The van der Waals surface area contributed by atoms with E-state index in [0.29, 0.717) is 28.2 Å². The van der Waals surface area contributed by atoms with Crippen LogP contribution in [0.4, 0.5) is 0 Å². The van der Waals surface area contributed by atoms with Gasteiger partial charge in [0.1, 0.15) is 18.1 Å². The Kier molecular flexibility index (Phi) is 3.63. The zero-order chi connectivity index (χ0) is 15.5. The molecule has 0 bridgehead atoms. The Bertz CT molecular complexity index is 798. The number of benzene rings is 2. The SMILES string of the molecule is COc1ccc2c(c1)C(=O)C(=Cc1ccc(C#N)cc1)CO2. The maximum Gasteiger partial charge on any atom is 0.196 e. The average molecular weight is 291 g/mol. The van der Waals surface area contributed by atoms with Crippen molar-refractivity contribution >= 4 is 11.9 Å². The maximum atomic E-state index is 12.6. The third kappa shape index (κ3) is 2.57. The van der Waals surface area contributed by atoms with Crippen LogP contribution >= 0.6 is 0 Å². The molecule has 0 aromatic heterocycles. The molecule has 0 saturated carbocycles. The van der Waals surface area contributed by atoms with E-state index in [1.165, 1.54) is 0 Å². The quantitative estimate of drug-likeness (QED) is 0.797. The minimum Gasteiger partial charge on any atom is -0.497 e. The summed E-state index contributed by atoms with van der Waals surface area (Å²) in [4.78, 5) is 12.6. The Balaban J connectivity index is 1.94. The molecule has 4 nitrogen and oxygen atoms in total. The lowest BCUT2D eigenvalue weighted by Crippen LogP contribution is -2.19. The fraction of sp³-hybridized carbons (Fsp3) is 0.111. The van der Waals surface area contributed by atoms with Gasteiger partial charge in [-0.25, -0.2) is 0 Å². The van der Waals surface area contributed by atoms with Gasteiger partial charge in [-0.05, 0) is 42.0 Å². The largest absolute Gasteiger partial charge is 0.497 e. The lowest BCUT2D eigenvalue weighted by molar-refractivity contribution is 0.100. The normalized spacial score (nSPS) is 14.9. The summed E-state index contributed by atoms with van der Waals surface area (Å²) in [6.45, 7) is 0.234.